The van der Waals surface area contributed by atoms with Gasteiger partial charge in [-0.2, -0.15) is 5.26 Å². The Morgan fingerprint density at radius 2 is 1.88 bits per heavy atom. The quantitative estimate of drug-likeness (QED) is 0.822. The number of carbonyl (C=O) groups is 2. The van der Waals surface area contributed by atoms with Crippen LogP contribution in [0.3, 0.4) is 0 Å². The maximum absolute atomic E-state index is 12.9. The summed E-state index contributed by atoms with van der Waals surface area (Å²) in [7, 11) is 0. The molecule has 24 heavy (non-hydrogen) atoms. The van der Waals surface area contributed by atoms with E-state index in [9.17, 15) is 14.0 Å². The zero-order valence-electron chi connectivity index (χ0n) is 12.5. The summed E-state index contributed by atoms with van der Waals surface area (Å²) < 4.78 is 22.7. The zero-order chi connectivity index (χ0) is 17.4. The van der Waals surface area contributed by atoms with Gasteiger partial charge in [0.1, 0.15) is 11.6 Å². The molecule has 0 spiro atoms. The Bertz CT molecular complexity index is 769. The first-order valence-electron chi connectivity index (χ1n) is 6.91. The van der Waals surface area contributed by atoms with Gasteiger partial charge in [-0.05, 0) is 36.4 Å². The first-order valence-corrected chi connectivity index (χ1v) is 6.91. The minimum atomic E-state index is -0.755. The number of esters is 1. The molecule has 0 aliphatic rings. The molecule has 7 heteroatoms. The van der Waals surface area contributed by atoms with Gasteiger partial charge in [-0.1, -0.05) is 6.07 Å². The van der Waals surface area contributed by atoms with Crippen LogP contribution in [0.4, 0.5) is 10.1 Å². The molecular formula is C17H13FN2O4. The summed E-state index contributed by atoms with van der Waals surface area (Å²) in [6.45, 7) is -0.918. The largest absolute Gasteiger partial charge is 0.482 e. The number of carbonyl (C=O) groups excluding carboxylic acids is 2. The molecule has 0 fully saturated rings. The van der Waals surface area contributed by atoms with E-state index in [0.29, 0.717) is 11.3 Å². The highest BCUT2D eigenvalue weighted by Gasteiger charge is 2.09. The van der Waals surface area contributed by atoms with Crippen LogP contribution in [0.5, 0.6) is 5.75 Å². The van der Waals surface area contributed by atoms with Crippen molar-refractivity contribution in [3.05, 3.63) is 59.9 Å². The molecule has 0 saturated heterocycles. The van der Waals surface area contributed by atoms with Crippen LogP contribution in [0, 0.1) is 17.1 Å². The molecule has 0 saturated carbocycles. The molecule has 6 nitrogen and oxygen atoms in total. The molecule has 0 radical (unpaired) electrons. The van der Waals surface area contributed by atoms with Crippen molar-refractivity contribution < 1.29 is 23.5 Å². The molecule has 2 aromatic carbocycles. The van der Waals surface area contributed by atoms with E-state index in [-0.39, 0.29) is 5.75 Å². The Balaban J connectivity index is 1.72. The third-order valence-electron chi connectivity index (χ3n) is 2.81. The summed E-state index contributed by atoms with van der Waals surface area (Å²) in [6, 6.07) is 13.5. The van der Waals surface area contributed by atoms with Gasteiger partial charge in [-0.25, -0.2) is 9.18 Å². The number of halogens is 1. The number of rotatable bonds is 6. The zero-order valence-corrected chi connectivity index (χ0v) is 12.5. The Morgan fingerprint density at radius 1 is 1.12 bits per heavy atom. The first-order chi connectivity index (χ1) is 11.6. The molecule has 0 aliphatic carbocycles. The lowest BCUT2D eigenvalue weighted by Crippen LogP contribution is -2.23. The molecule has 2 aromatic rings. The van der Waals surface area contributed by atoms with Crippen LogP contribution in [0.1, 0.15) is 5.56 Å². The van der Waals surface area contributed by atoms with Crippen LogP contribution in [-0.2, 0) is 14.3 Å². The summed E-state index contributed by atoms with van der Waals surface area (Å²) in [5.74, 6) is -1.58. The van der Waals surface area contributed by atoms with Gasteiger partial charge >= 0.3 is 5.97 Å². The van der Waals surface area contributed by atoms with Gasteiger partial charge in [0.15, 0.2) is 13.2 Å². The summed E-state index contributed by atoms with van der Waals surface area (Å²) in [5.41, 5.74) is 0.944. The lowest BCUT2D eigenvalue weighted by atomic mass is 10.2. The summed E-state index contributed by atoms with van der Waals surface area (Å²) in [6.07, 6.45) is 0. The highest BCUT2D eigenvalue weighted by atomic mass is 19.1. The van der Waals surface area contributed by atoms with Crippen LogP contribution >= 0.6 is 0 Å². The van der Waals surface area contributed by atoms with E-state index >= 15 is 0 Å². The van der Waals surface area contributed by atoms with Gasteiger partial charge in [-0.15, -0.1) is 0 Å². The summed E-state index contributed by atoms with van der Waals surface area (Å²) in [5, 5.41) is 11.2. The van der Waals surface area contributed by atoms with Gasteiger partial charge in [0.05, 0.1) is 11.6 Å². The van der Waals surface area contributed by atoms with Crippen LogP contribution < -0.4 is 10.1 Å². The minimum Gasteiger partial charge on any atom is -0.482 e. The van der Waals surface area contributed by atoms with Crippen molar-refractivity contribution >= 4 is 17.6 Å². The van der Waals surface area contributed by atoms with E-state index in [2.05, 4.69) is 5.32 Å². The second kappa shape index (κ2) is 8.29. The number of amides is 1. The van der Waals surface area contributed by atoms with Crippen molar-refractivity contribution in [1.29, 1.82) is 5.26 Å². The van der Waals surface area contributed by atoms with E-state index in [0.717, 1.165) is 6.07 Å². The van der Waals surface area contributed by atoms with Crippen molar-refractivity contribution in [2.45, 2.75) is 0 Å². The van der Waals surface area contributed by atoms with Crippen molar-refractivity contribution in [2.24, 2.45) is 0 Å². The molecule has 0 unspecified atom stereocenters. The van der Waals surface area contributed by atoms with Gasteiger partial charge < -0.3 is 14.8 Å². The van der Waals surface area contributed by atoms with Crippen molar-refractivity contribution in [1.82, 2.24) is 0 Å². The van der Waals surface area contributed by atoms with Crippen LogP contribution in [-0.4, -0.2) is 25.1 Å². The second-order valence-electron chi connectivity index (χ2n) is 4.64. The lowest BCUT2D eigenvalue weighted by Gasteiger charge is -2.08. The maximum Gasteiger partial charge on any atom is 0.344 e. The Labute approximate surface area is 137 Å². The van der Waals surface area contributed by atoms with Crippen molar-refractivity contribution in [3.63, 3.8) is 0 Å². The molecule has 0 aromatic heterocycles. The van der Waals surface area contributed by atoms with E-state index < -0.39 is 30.9 Å². The minimum absolute atomic E-state index is 0.189. The number of nitrogens with zero attached hydrogens (tertiary/aromatic N) is 1. The monoisotopic (exact) mass is 328 g/mol. The third-order valence-corrected chi connectivity index (χ3v) is 2.81. The predicted octanol–water partition coefficient (Wildman–Crippen LogP) is 2.26. The molecule has 0 atom stereocenters. The SMILES string of the molecule is N#Cc1ccc(NC(=O)COC(=O)COc2cccc(F)c2)cc1. The Morgan fingerprint density at radius 3 is 2.54 bits per heavy atom. The Hall–Kier alpha value is -3.40. The first kappa shape index (κ1) is 17.0. The number of nitrogens with one attached hydrogen (secondary N) is 1. The fourth-order valence-corrected chi connectivity index (χ4v) is 1.71. The van der Waals surface area contributed by atoms with Gasteiger partial charge in [-0.3, -0.25) is 4.79 Å². The lowest BCUT2D eigenvalue weighted by molar-refractivity contribution is -0.149. The number of nitriles is 1. The average molecular weight is 328 g/mol. The van der Waals surface area contributed by atoms with E-state index in [1.165, 1.54) is 18.2 Å². The highest BCUT2D eigenvalue weighted by molar-refractivity contribution is 5.92. The number of benzene rings is 2. The van der Waals surface area contributed by atoms with Gasteiger partial charge in [0.2, 0.25) is 0 Å². The Kier molecular flexibility index (Phi) is 5.86. The summed E-state index contributed by atoms with van der Waals surface area (Å²) >= 11 is 0. The second-order valence-corrected chi connectivity index (χ2v) is 4.64. The molecule has 0 bridgehead atoms. The van der Waals surface area contributed by atoms with E-state index in [4.69, 9.17) is 14.7 Å². The van der Waals surface area contributed by atoms with Crippen LogP contribution in [0.2, 0.25) is 0 Å². The number of hydrogen-bond donors (Lipinski definition) is 1. The van der Waals surface area contributed by atoms with E-state index in [1.54, 1.807) is 24.3 Å². The topological polar surface area (TPSA) is 88.4 Å². The van der Waals surface area contributed by atoms with Gasteiger partial charge in [0.25, 0.3) is 5.91 Å². The fraction of sp³-hybridized carbons (Fsp3) is 0.118. The number of hydrogen-bond acceptors (Lipinski definition) is 5. The molecular weight excluding hydrogens is 315 g/mol. The van der Waals surface area contributed by atoms with E-state index in [1.807, 2.05) is 6.07 Å². The smallest absolute Gasteiger partial charge is 0.344 e. The number of anilines is 1. The maximum atomic E-state index is 12.9. The average Bonchev–Trinajstić information content (AvgIpc) is 2.59. The molecule has 1 N–H and O–H groups in total. The normalized spacial score (nSPS) is 9.67. The van der Waals surface area contributed by atoms with Gasteiger partial charge in [0, 0.05) is 11.8 Å². The van der Waals surface area contributed by atoms with Crippen LogP contribution in [0.25, 0.3) is 0 Å². The van der Waals surface area contributed by atoms with Crippen molar-refractivity contribution in [3.8, 4) is 11.8 Å². The molecule has 0 aliphatic heterocycles. The molecule has 122 valence electrons. The predicted molar refractivity (Wildman–Crippen MR) is 82.6 cm³/mol. The third kappa shape index (κ3) is 5.42. The molecule has 2 rings (SSSR count). The summed E-state index contributed by atoms with van der Waals surface area (Å²) in [4.78, 5) is 23.1. The standard InChI is InChI=1S/C17H13FN2O4/c18-13-2-1-3-15(8-13)23-11-17(22)24-10-16(21)20-14-6-4-12(9-19)5-7-14/h1-8H,10-11H2,(H,20,21). The molecule has 1 amide bonds. The van der Waals surface area contributed by atoms with Crippen molar-refractivity contribution in [2.75, 3.05) is 18.5 Å². The molecule has 0 heterocycles. The van der Waals surface area contributed by atoms with Crippen LogP contribution in [0.15, 0.2) is 48.5 Å². The highest BCUT2D eigenvalue weighted by Crippen LogP contribution is 2.12. The fourth-order valence-electron chi connectivity index (χ4n) is 1.71. The number of ether oxygens (including phenoxy) is 2.